The third-order valence-corrected chi connectivity index (χ3v) is 5.72. The Balaban J connectivity index is 1.79. The van der Waals surface area contributed by atoms with Gasteiger partial charge in [0.15, 0.2) is 11.5 Å². The van der Waals surface area contributed by atoms with Gasteiger partial charge in [-0.05, 0) is 69.4 Å². The summed E-state index contributed by atoms with van der Waals surface area (Å²) in [6.45, 7) is 11.3. The highest BCUT2D eigenvalue weighted by molar-refractivity contribution is 5.88. The van der Waals surface area contributed by atoms with E-state index in [1.807, 2.05) is 77.1 Å². The molecular weight excluding hydrogens is 416 g/mol. The van der Waals surface area contributed by atoms with Crippen LogP contribution in [0.15, 0.2) is 42.5 Å². The molecule has 1 heterocycles. The van der Waals surface area contributed by atoms with E-state index in [9.17, 15) is 9.59 Å². The molecule has 2 aromatic rings. The van der Waals surface area contributed by atoms with Gasteiger partial charge in [0.25, 0.3) is 0 Å². The summed E-state index contributed by atoms with van der Waals surface area (Å²) in [5, 5.41) is 3.05. The average molecular weight is 453 g/mol. The molecule has 0 radical (unpaired) electrons. The maximum Gasteiger partial charge on any atom is 0.243 e. The Bertz CT molecular complexity index is 980. The van der Waals surface area contributed by atoms with Crippen molar-refractivity contribution in [1.29, 1.82) is 0 Å². The third-order valence-electron chi connectivity index (χ3n) is 5.72. The summed E-state index contributed by atoms with van der Waals surface area (Å²) in [7, 11) is 0. The summed E-state index contributed by atoms with van der Waals surface area (Å²) in [5.41, 5.74) is 2.80. The molecule has 1 aliphatic rings. The molecule has 6 nitrogen and oxygen atoms in total. The fraction of sp³-hybridized carbons (Fsp3) is 0.481. The molecule has 0 bridgehead atoms. The maximum atomic E-state index is 13.5. The summed E-state index contributed by atoms with van der Waals surface area (Å²) in [5.74, 6) is 1.30. The number of nitrogens with zero attached hydrogens (tertiary/aromatic N) is 1. The first-order valence-electron chi connectivity index (χ1n) is 11.7. The number of carbonyl (C=O) groups is 2. The van der Waals surface area contributed by atoms with E-state index in [1.54, 1.807) is 4.90 Å². The van der Waals surface area contributed by atoms with Gasteiger partial charge in [-0.15, -0.1) is 0 Å². The van der Waals surface area contributed by atoms with Gasteiger partial charge in [-0.2, -0.15) is 0 Å². The average Bonchev–Trinajstić information content (AvgIpc) is 2.77. The topological polar surface area (TPSA) is 67.9 Å². The van der Waals surface area contributed by atoms with Crippen LogP contribution in [0.25, 0.3) is 0 Å². The van der Waals surface area contributed by atoms with E-state index in [1.165, 1.54) is 0 Å². The smallest absolute Gasteiger partial charge is 0.243 e. The van der Waals surface area contributed by atoms with E-state index < -0.39 is 6.04 Å². The Labute approximate surface area is 197 Å². The van der Waals surface area contributed by atoms with Crippen molar-refractivity contribution in [2.24, 2.45) is 0 Å². The minimum Gasteiger partial charge on any atom is -0.486 e. The number of ether oxygens (including phenoxy) is 2. The molecule has 0 spiro atoms. The van der Waals surface area contributed by atoms with E-state index in [2.05, 4.69) is 5.32 Å². The first-order chi connectivity index (χ1) is 15.7. The number of nitrogens with one attached hydrogen (secondary N) is 1. The molecule has 6 heteroatoms. The van der Waals surface area contributed by atoms with Crippen LogP contribution in [0.5, 0.6) is 11.5 Å². The van der Waals surface area contributed by atoms with Crippen LogP contribution in [-0.2, 0) is 22.6 Å². The molecule has 1 N–H and O–H groups in total. The molecule has 178 valence electrons. The Morgan fingerprint density at radius 2 is 1.76 bits per heavy atom. The van der Waals surface area contributed by atoms with Crippen molar-refractivity contribution < 1.29 is 19.1 Å². The van der Waals surface area contributed by atoms with Gasteiger partial charge in [-0.3, -0.25) is 9.59 Å². The second-order valence-corrected chi connectivity index (χ2v) is 9.59. The number of fused-ring (bicyclic) bond motifs is 1. The van der Waals surface area contributed by atoms with Crippen LogP contribution in [0.4, 0.5) is 0 Å². The Kier molecular flexibility index (Phi) is 8.01. The monoisotopic (exact) mass is 452 g/mol. The Morgan fingerprint density at radius 1 is 1.06 bits per heavy atom. The number of carbonyl (C=O) groups excluding carboxylic acids is 2. The highest BCUT2D eigenvalue weighted by Gasteiger charge is 2.30. The highest BCUT2D eigenvalue weighted by Crippen LogP contribution is 2.31. The number of hydrogen-bond acceptors (Lipinski definition) is 4. The number of rotatable bonds is 8. The molecule has 0 fully saturated rings. The van der Waals surface area contributed by atoms with Gasteiger partial charge in [-0.25, -0.2) is 0 Å². The lowest BCUT2D eigenvalue weighted by Gasteiger charge is -2.33. The summed E-state index contributed by atoms with van der Waals surface area (Å²) in [6, 6.07) is 13.3. The summed E-state index contributed by atoms with van der Waals surface area (Å²) in [6.07, 6.45) is 1.42. The van der Waals surface area contributed by atoms with Crippen molar-refractivity contribution in [2.75, 3.05) is 13.2 Å². The van der Waals surface area contributed by atoms with Crippen molar-refractivity contribution in [1.82, 2.24) is 10.2 Å². The standard InChI is InChI=1S/C27H36N2O4/c1-6-22(26(31)28-27(3,4)5)29(18-21-10-8-7-9-19(21)2)25(30)14-12-20-11-13-23-24(17-20)33-16-15-32-23/h7-11,13,17,22H,6,12,14-16,18H2,1-5H3,(H,28,31)/t22-/m0/s1. The zero-order chi connectivity index (χ0) is 24.0. The first kappa shape index (κ1) is 24.6. The van der Waals surface area contributed by atoms with Gasteiger partial charge in [-0.1, -0.05) is 37.3 Å². The predicted molar refractivity (Wildman–Crippen MR) is 129 cm³/mol. The SMILES string of the molecule is CC[C@@H](C(=O)NC(C)(C)C)N(Cc1ccccc1C)C(=O)CCc1ccc2c(c1)OCCO2. The van der Waals surface area contributed by atoms with Gasteiger partial charge in [0, 0.05) is 18.5 Å². The second-order valence-electron chi connectivity index (χ2n) is 9.59. The molecule has 0 saturated carbocycles. The minimum absolute atomic E-state index is 0.0379. The lowest BCUT2D eigenvalue weighted by Crippen LogP contribution is -2.53. The lowest BCUT2D eigenvalue weighted by molar-refractivity contribution is -0.142. The summed E-state index contributed by atoms with van der Waals surface area (Å²) in [4.78, 5) is 28.3. The van der Waals surface area contributed by atoms with Crippen LogP contribution in [0.2, 0.25) is 0 Å². The normalized spacial score (nSPS) is 13.8. The quantitative estimate of drug-likeness (QED) is 0.644. The zero-order valence-electron chi connectivity index (χ0n) is 20.4. The predicted octanol–water partition coefficient (Wildman–Crippen LogP) is 4.42. The summed E-state index contributed by atoms with van der Waals surface area (Å²) >= 11 is 0. The van der Waals surface area contributed by atoms with Crippen LogP contribution in [-0.4, -0.2) is 41.5 Å². The fourth-order valence-electron chi connectivity index (χ4n) is 3.98. The van der Waals surface area contributed by atoms with Gasteiger partial charge < -0.3 is 19.7 Å². The highest BCUT2D eigenvalue weighted by atomic mass is 16.6. The molecular formula is C27H36N2O4. The fourth-order valence-corrected chi connectivity index (χ4v) is 3.98. The van der Waals surface area contributed by atoms with E-state index in [0.717, 1.165) is 28.2 Å². The molecule has 1 aliphatic heterocycles. The van der Waals surface area contributed by atoms with Crippen molar-refractivity contribution in [3.63, 3.8) is 0 Å². The minimum atomic E-state index is -0.531. The van der Waals surface area contributed by atoms with Crippen LogP contribution in [0, 0.1) is 6.92 Å². The third kappa shape index (κ3) is 6.73. The molecule has 0 aromatic heterocycles. The molecule has 3 rings (SSSR count). The van der Waals surface area contributed by atoms with Gasteiger partial charge in [0.2, 0.25) is 11.8 Å². The van der Waals surface area contributed by atoms with Crippen LogP contribution in [0.1, 0.15) is 57.2 Å². The van der Waals surface area contributed by atoms with Crippen LogP contribution >= 0.6 is 0 Å². The van der Waals surface area contributed by atoms with Crippen molar-refractivity contribution in [3.8, 4) is 11.5 Å². The molecule has 2 aromatic carbocycles. The zero-order valence-corrected chi connectivity index (χ0v) is 20.4. The molecule has 0 aliphatic carbocycles. The lowest BCUT2D eigenvalue weighted by atomic mass is 10.0. The van der Waals surface area contributed by atoms with E-state index >= 15 is 0 Å². The second kappa shape index (κ2) is 10.7. The van der Waals surface area contributed by atoms with Gasteiger partial charge in [0.1, 0.15) is 19.3 Å². The Morgan fingerprint density at radius 3 is 2.42 bits per heavy atom. The summed E-state index contributed by atoms with van der Waals surface area (Å²) < 4.78 is 11.3. The molecule has 2 amide bonds. The number of amides is 2. The van der Waals surface area contributed by atoms with Crippen molar-refractivity contribution in [3.05, 3.63) is 59.2 Å². The maximum absolute atomic E-state index is 13.5. The molecule has 1 atom stereocenters. The van der Waals surface area contributed by atoms with E-state index in [4.69, 9.17) is 9.47 Å². The molecule has 0 saturated heterocycles. The Hall–Kier alpha value is -3.02. The molecule has 33 heavy (non-hydrogen) atoms. The van der Waals surface area contributed by atoms with Crippen LogP contribution in [0.3, 0.4) is 0 Å². The van der Waals surface area contributed by atoms with Crippen LogP contribution < -0.4 is 14.8 Å². The van der Waals surface area contributed by atoms with Gasteiger partial charge in [0.05, 0.1) is 0 Å². The first-order valence-corrected chi connectivity index (χ1v) is 11.7. The number of benzene rings is 2. The number of hydrogen-bond donors (Lipinski definition) is 1. The van der Waals surface area contributed by atoms with E-state index in [0.29, 0.717) is 39.0 Å². The van der Waals surface area contributed by atoms with Gasteiger partial charge >= 0.3 is 0 Å². The van der Waals surface area contributed by atoms with Crippen molar-refractivity contribution >= 4 is 11.8 Å². The molecule has 0 unspecified atom stereocenters. The van der Waals surface area contributed by atoms with Crippen molar-refractivity contribution in [2.45, 2.75) is 72.0 Å². The van der Waals surface area contributed by atoms with E-state index in [-0.39, 0.29) is 17.4 Å². The number of aryl methyl sites for hydroxylation is 2. The largest absolute Gasteiger partial charge is 0.486 e.